The number of nitrogens with two attached hydrogens (primary N) is 1. The van der Waals surface area contributed by atoms with Gasteiger partial charge in [0, 0.05) is 5.56 Å². The number of hydrogen-bond donors (Lipinski definition) is 2. The number of sulfonamides is 1. The number of hydrogen-bond acceptors (Lipinski definition) is 5. The summed E-state index contributed by atoms with van der Waals surface area (Å²) in [5.74, 6) is -2.39. The minimum atomic E-state index is -3.86. The summed E-state index contributed by atoms with van der Waals surface area (Å²) in [4.78, 5) is 24.7. The van der Waals surface area contributed by atoms with E-state index in [1.807, 2.05) is 39.8 Å². The lowest BCUT2D eigenvalue weighted by Crippen LogP contribution is -2.31. The molecule has 0 aliphatic carbocycles. The van der Waals surface area contributed by atoms with Crippen molar-refractivity contribution in [2.75, 3.05) is 0 Å². The Morgan fingerprint density at radius 3 is 2.17 bits per heavy atom. The SMILES string of the molecule is CCCC[C@H](C[C@H](CCc1ccc(-c2ccccc2S(N)(=O)=O)cc1)C(=O)O)C(=O)OC(C)(C)C. The molecule has 0 amide bonds. The van der Waals surface area contributed by atoms with E-state index in [0.717, 1.165) is 18.4 Å². The van der Waals surface area contributed by atoms with Crippen LogP contribution < -0.4 is 5.14 Å². The lowest BCUT2D eigenvalue weighted by molar-refractivity contribution is -0.161. The van der Waals surface area contributed by atoms with Gasteiger partial charge in [0.05, 0.1) is 16.7 Å². The summed E-state index contributed by atoms with van der Waals surface area (Å²) in [5, 5.41) is 15.2. The normalized spacial score (nSPS) is 13.7. The van der Waals surface area contributed by atoms with Gasteiger partial charge in [-0.1, -0.05) is 62.2 Å². The van der Waals surface area contributed by atoms with Crippen LogP contribution in [-0.2, 0) is 30.8 Å². The minimum absolute atomic E-state index is 0.0546. The zero-order valence-electron chi connectivity index (χ0n) is 21.0. The minimum Gasteiger partial charge on any atom is -0.481 e. The lowest BCUT2D eigenvalue weighted by atomic mass is 9.87. The molecule has 0 aromatic heterocycles. The number of unbranched alkanes of at least 4 members (excludes halogenated alkanes) is 1. The van der Waals surface area contributed by atoms with E-state index in [-0.39, 0.29) is 17.3 Å². The zero-order chi connectivity index (χ0) is 26.2. The first-order chi connectivity index (χ1) is 16.3. The third-order valence-electron chi connectivity index (χ3n) is 5.80. The number of carboxylic acids is 1. The Kier molecular flexibility index (Phi) is 10.0. The molecule has 7 nitrogen and oxygen atoms in total. The molecule has 2 rings (SSSR count). The van der Waals surface area contributed by atoms with Crippen molar-refractivity contribution in [3.05, 3.63) is 54.1 Å². The summed E-state index contributed by atoms with van der Waals surface area (Å²) in [6, 6.07) is 13.9. The van der Waals surface area contributed by atoms with Crippen LogP contribution in [0.5, 0.6) is 0 Å². The quantitative estimate of drug-likeness (QED) is 0.385. The maximum atomic E-state index is 12.7. The van der Waals surface area contributed by atoms with Gasteiger partial charge in [-0.25, -0.2) is 13.6 Å². The fraction of sp³-hybridized carbons (Fsp3) is 0.481. The monoisotopic (exact) mass is 503 g/mol. The van der Waals surface area contributed by atoms with Gasteiger partial charge in [-0.2, -0.15) is 0 Å². The Morgan fingerprint density at radius 1 is 1.00 bits per heavy atom. The van der Waals surface area contributed by atoms with E-state index < -0.39 is 33.4 Å². The summed E-state index contributed by atoms with van der Waals surface area (Å²) in [5.41, 5.74) is 1.53. The summed E-state index contributed by atoms with van der Waals surface area (Å²) in [6.45, 7) is 7.45. The highest BCUT2D eigenvalue weighted by atomic mass is 32.2. The van der Waals surface area contributed by atoms with Crippen LogP contribution >= 0.6 is 0 Å². The number of aryl methyl sites for hydroxylation is 1. The maximum Gasteiger partial charge on any atom is 0.309 e. The standard InChI is InChI=1S/C27H37NO6S/c1-5-6-9-22(26(31)34-27(2,3)4)18-21(25(29)30)17-14-19-12-15-20(16-13-19)23-10-7-8-11-24(23)35(28,32)33/h7-8,10-13,15-16,21-22H,5-6,9,14,17-18H2,1-4H3,(H,29,30)(H2,28,32,33)/t21-,22+/m0/s1. The van der Waals surface area contributed by atoms with Gasteiger partial charge in [0.15, 0.2) is 0 Å². The molecular formula is C27H37NO6S. The van der Waals surface area contributed by atoms with Crippen molar-refractivity contribution in [3.8, 4) is 11.1 Å². The molecule has 3 N–H and O–H groups in total. The fourth-order valence-corrected chi connectivity index (χ4v) is 4.76. The average molecular weight is 504 g/mol. The molecule has 0 unspecified atom stereocenters. The first-order valence-electron chi connectivity index (χ1n) is 12.0. The van der Waals surface area contributed by atoms with E-state index in [0.29, 0.717) is 30.4 Å². The van der Waals surface area contributed by atoms with Crippen molar-refractivity contribution in [1.29, 1.82) is 0 Å². The van der Waals surface area contributed by atoms with Gasteiger partial charge >= 0.3 is 11.9 Å². The van der Waals surface area contributed by atoms with Gasteiger partial charge in [-0.15, -0.1) is 0 Å². The molecule has 0 saturated carbocycles. The van der Waals surface area contributed by atoms with Gasteiger partial charge in [-0.05, 0) is 63.6 Å². The number of esters is 1. The highest BCUT2D eigenvalue weighted by molar-refractivity contribution is 7.89. The Morgan fingerprint density at radius 2 is 1.63 bits per heavy atom. The van der Waals surface area contributed by atoms with Gasteiger partial charge in [-0.3, -0.25) is 9.59 Å². The van der Waals surface area contributed by atoms with Crippen molar-refractivity contribution >= 4 is 22.0 Å². The Balaban J connectivity index is 2.12. The second kappa shape index (κ2) is 12.3. The van der Waals surface area contributed by atoms with E-state index in [9.17, 15) is 23.1 Å². The Bertz CT molecular complexity index is 1100. The summed E-state index contributed by atoms with van der Waals surface area (Å²) < 4.78 is 29.4. The topological polar surface area (TPSA) is 124 Å². The third kappa shape index (κ3) is 9.11. The van der Waals surface area contributed by atoms with Crippen molar-refractivity contribution in [2.24, 2.45) is 17.0 Å². The summed E-state index contributed by atoms with van der Waals surface area (Å²) >= 11 is 0. The summed E-state index contributed by atoms with van der Waals surface area (Å²) in [7, 11) is -3.86. The predicted molar refractivity (Wildman–Crippen MR) is 136 cm³/mol. The number of carboxylic acid groups (broad SMARTS) is 1. The van der Waals surface area contributed by atoms with Crippen molar-refractivity contribution in [2.45, 2.75) is 76.7 Å². The molecule has 8 heteroatoms. The van der Waals surface area contributed by atoms with Crippen LogP contribution in [0.15, 0.2) is 53.4 Å². The Hall–Kier alpha value is -2.71. The van der Waals surface area contributed by atoms with E-state index in [4.69, 9.17) is 9.88 Å². The number of carbonyl (C=O) groups is 2. The molecule has 35 heavy (non-hydrogen) atoms. The average Bonchev–Trinajstić information content (AvgIpc) is 2.77. The number of rotatable bonds is 12. The molecule has 2 aromatic rings. The zero-order valence-corrected chi connectivity index (χ0v) is 21.8. The van der Waals surface area contributed by atoms with Gasteiger partial charge < -0.3 is 9.84 Å². The Labute approximate surface area is 208 Å². The highest BCUT2D eigenvalue weighted by Gasteiger charge is 2.30. The molecule has 192 valence electrons. The number of carbonyl (C=O) groups excluding carboxylic acids is 1. The van der Waals surface area contributed by atoms with Gasteiger partial charge in [0.2, 0.25) is 10.0 Å². The van der Waals surface area contributed by atoms with Crippen molar-refractivity contribution < 1.29 is 27.9 Å². The van der Waals surface area contributed by atoms with Crippen LogP contribution in [0.2, 0.25) is 0 Å². The van der Waals surface area contributed by atoms with Crippen molar-refractivity contribution in [3.63, 3.8) is 0 Å². The highest BCUT2D eigenvalue weighted by Crippen LogP contribution is 2.29. The predicted octanol–water partition coefficient (Wildman–Crippen LogP) is 5.17. The lowest BCUT2D eigenvalue weighted by Gasteiger charge is -2.25. The van der Waals surface area contributed by atoms with Crippen LogP contribution in [-0.4, -0.2) is 31.1 Å². The first-order valence-corrected chi connectivity index (χ1v) is 13.5. The molecule has 0 spiro atoms. The molecule has 0 aliphatic heterocycles. The van der Waals surface area contributed by atoms with E-state index in [1.54, 1.807) is 30.3 Å². The molecule has 2 aromatic carbocycles. The van der Waals surface area contributed by atoms with Crippen LogP contribution in [0.3, 0.4) is 0 Å². The number of benzene rings is 2. The number of aliphatic carboxylic acids is 1. The van der Waals surface area contributed by atoms with Crippen LogP contribution in [0.25, 0.3) is 11.1 Å². The largest absolute Gasteiger partial charge is 0.481 e. The molecule has 0 fully saturated rings. The second-order valence-electron chi connectivity index (χ2n) is 9.92. The summed E-state index contributed by atoms with van der Waals surface area (Å²) in [6.07, 6.45) is 3.49. The molecule has 0 aliphatic rings. The van der Waals surface area contributed by atoms with Gasteiger partial charge in [0.1, 0.15) is 5.60 Å². The van der Waals surface area contributed by atoms with Crippen LogP contribution in [0.4, 0.5) is 0 Å². The molecule has 0 radical (unpaired) electrons. The molecule has 0 bridgehead atoms. The van der Waals surface area contributed by atoms with E-state index >= 15 is 0 Å². The molecular weight excluding hydrogens is 466 g/mol. The van der Waals surface area contributed by atoms with E-state index in [2.05, 4.69) is 0 Å². The van der Waals surface area contributed by atoms with E-state index in [1.165, 1.54) is 6.07 Å². The number of ether oxygens (including phenoxy) is 1. The number of primary sulfonamides is 1. The molecule has 2 atom stereocenters. The third-order valence-corrected chi connectivity index (χ3v) is 6.77. The van der Waals surface area contributed by atoms with Crippen LogP contribution in [0, 0.1) is 11.8 Å². The van der Waals surface area contributed by atoms with Gasteiger partial charge in [0.25, 0.3) is 0 Å². The molecule has 0 saturated heterocycles. The van der Waals surface area contributed by atoms with Crippen molar-refractivity contribution in [1.82, 2.24) is 0 Å². The molecule has 0 heterocycles. The maximum absolute atomic E-state index is 12.7. The first kappa shape index (κ1) is 28.5. The second-order valence-corrected chi connectivity index (χ2v) is 11.5. The van der Waals surface area contributed by atoms with Crippen LogP contribution in [0.1, 0.15) is 65.4 Å². The fourth-order valence-electron chi connectivity index (χ4n) is 4.00. The smallest absolute Gasteiger partial charge is 0.309 e.